The number of anilines is 1. The van der Waals surface area contributed by atoms with Crippen molar-refractivity contribution in [2.75, 3.05) is 18.5 Å². The van der Waals surface area contributed by atoms with Gasteiger partial charge in [-0.15, -0.1) is 0 Å². The first-order valence-electron chi connectivity index (χ1n) is 7.50. The van der Waals surface area contributed by atoms with Crippen LogP contribution in [0.25, 0.3) is 0 Å². The smallest absolute Gasteiger partial charge is 0.249 e. The Bertz CT molecular complexity index is 507. The molecule has 1 fully saturated rings. The van der Waals surface area contributed by atoms with Crippen LogP contribution in [-0.4, -0.2) is 37.2 Å². The predicted octanol–water partition coefficient (Wildman–Crippen LogP) is 1.71. The second-order valence-corrected chi connectivity index (χ2v) is 5.46. The number of hydrogen-bond donors (Lipinski definition) is 2. The van der Waals surface area contributed by atoms with Crippen LogP contribution < -0.4 is 15.4 Å². The van der Waals surface area contributed by atoms with Gasteiger partial charge in [0.2, 0.25) is 11.8 Å². The monoisotopic (exact) mass is 306 g/mol. The van der Waals surface area contributed by atoms with Crippen LogP contribution in [0.5, 0.6) is 5.75 Å². The Morgan fingerprint density at radius 3 is 2.64 bits per heavy atom. The highest BCUT2D eigenvalue weighted by Crippen LogP contribution is 2.16. The zero-order valence-electron chi connectivity index (χ0n) is 12.9. The molecule has 0 saturated carbocycles. The van der Waals surface area contributed by atoms with Gasteiger partial charge in [0.25, 0.3) is 0 Å². The van der Waals surface area contributed by atoms with Gasteiger partial charge in [-0.3, -0.25) is 9.59 Å². The fraction of sp³-hybridized carbons (Fsp3) is 0.500. The average Bonchev–Trinajstić information content (AvgIpc) is 3.00. The molecule has 0 bridgehead atoms. The van der Waals surface area contributed by atoms with Crippen LogP contribution >= 0.6 is 0 Å². The van der Waals surface area contributed by atoms with Gasteiger partial charge in [0.1, 0.15) is 11.9 Å². The molecule has 0 aromatic heterocycles. The van der Waals surface area contributed by atoms with Crippen LogP contribution in [0.3, 0.4) is 0 Å². The molecule has 6 nitrogen and oxygen atoms in total. The molecule has 1 saturated heterocycles. The molecule has 2 amide bonds. The lowest BCUT2D eigenvalue weighted by molar-refractivity contribution is -0.131. The van der Waals surface area contributed by atoms with E-state index in [1.165, 1.54) is 0 Å². The molecular formula is C16H22N2O4. The van der Waals surface area contributed by atoms with Crippen LogP contribution in [0.15, 0.2) is 24.3 Å². The van der Waals surface area contributed by atoms with E-state index in [9.17, 15) is 9.59 Å². The molecule has 120 valence electrons. The summed E-state index contributed by atoms with van der Waals surface area (Å²) in [6, 6.07) is 7.11. The van der Waals surface area contributed by atoms with E-state index in [0.717, 1.165) is 12.2 Å². The van der Waals surface area contributed by atoms with Crippen LogP contribution in [-0.2, 0) is 14.3 Å². The predicted molar refractivity (Wildman–Crippen MR) is 82.8 cm³/mol. The lowest BCUT2D eigenvalue weighted by Crippen LogP contribution is -2.39. The van der Waals surface area contributed by atoms with Gasteiger partial charge < -0.3 is 20.1 Å². The topological polar surface area (TPSA) is 76.7 Å². The van der Waals surface area contributed by atoms with Crippen LogP contribution in [0.2, 0.25) is 0 Å². The van der Waals surface area contributed by atoms with Gasteiger partial charge in [0.15, 0.2) is 0 Å². The summed E-state index contributed by atoms with van der Waals surface area (Å²) in [6.07, 6.45) is 1.29. The van der Waals surface area contributed by atoms with E-state index in [1.54, 1.807) is 24.3 Å². The molecule has 0 aliphatic carbocycles. The van der Waals surface area contributed by atoms with Gasteiger partial charge in [-0.1, -0.05) is 0 Å². The highest BCUT2D eigenvalue weighted by Gasteiger charge is 2.23. The molecule has 1 aromatic rings. The van der Waals surface area contributed by atoms with Crippen molar-refractivity contribution in [3.63, 3.8) is 0 Å². The molecule has 1 heterocycles. The molecular weight excluding hydrogens is 284 g/mol. The standard InChI is InChI=1S/C16H22N2O4/c1-11(2)22-13-7-5-12(6-8-13)18-15(19)10-17-16(20)14-4-3-9-21-14/h5-8,11,14H,3-4,9-10H2,1-2H3,(H,17,20)(H,18,19). The maximum absolute atomic E-state index is 11.8. The largest absolute Gasteiger partial charge is 0.491 e. The molecule has 1 unspecified atom stereocenters. The Balaban J connectivity index is 1.75. The van der Waals surface area contributed by atoms with E-state index in [2.05, 4.69) is 10.6 Å². The van der Waals surface area contributed by atoms with Crippen molar-refractivity contribution in [2.24, 2.45) is 0 Å². The van der Waals surface area contributed by atoms with Gasteiger partial charge in [-0.05, 0) is 51.0 Å². The second kappa shape index (κ2) is 7.79. The highest BCUT2D eigenvalue weighted by atomic mass is 16.5. The van der Waals surface area contributed by atoms with Crippen molar-refractivity contribution in [2.45, 2.75) is 38.9 Å². The quantitative estimate of drug-likeness (QED) is 0.839. The Hall–Kier alpha value is -2.08. The van der Waals surface area contributed by atoms with Crippen molar-refractivity contribution < 1.29 is 19.1 Å². The maximum atomic E-state index is 11.8. The van der Waals surface area contributed by atoms with E-state index in [1.807, 2.05) is 13.8 Å². The molecule has 2 rings (SSSR count). The molecule has 1 aliphatic heterocycles. The Labute approximate surface area is 130 Å². The average molecular weight is 306 g/mol. The third-order valence-electron chi connectivity index (χ3n) is 3.16. The normalized spacial score (nSPS) is 17.3. The fourth-order valence-electron chi connectivity index (χ4n) is 2.16. The first kappa shape index (κ1) is 16.3. The van der Waals surface area contributed by atoms with E-state index in [4.69, 9.17) is 9.47 Å². The minimum absolute atomic E-state index is 0.0665. The third-order valence-corrected chi connectivity index (χ3v) is 3.16. The van der Waals surface area contributed by atoms with E-state index >= 15 is 0 Å². The summed E-state index contributed by atoms with van der Waals surface area (Å²) < 4.78 is 10.8. The van der Waals surface area contributed by atoms with Gasteiger partial charge >= 0.3 is 0 Å². The minimum atomic E-state index is -0.416. The van der Waals surface area contributed by atoms with E-state index in [-0.39, 0.29) is 24.5 Å². The van der Waals surface area contributed by atoms with Crippen molar-refractivity contribution in [3.05, 3.63) is 24.3 Å². The van der Waals surface area contributed by atoms with Crippen molar-refractivity contribution in [1.82, 2.24) is 5.32 Å². The van der Waals surface area contributed by atoms with Gasteiger partial charge in [0, 0.05) is 12.3 Å². The summed E-state index contributed by atoms with van der Waals surface area (Å²) in [7, 11) is 0. The number of carbonyl (C=O) groups excluding carboxylic acids is 2. The number of nitrogens with one attached hydrogen (secondary N) is 2. The number of carbonyl (C=O) groups is 2. The summed E-state index contributed by atoms with van der Waals surface area (Å²) in [4.78, 5) is 23.5. The minimum Gasteiger partial charge on any atom is -0.491 e. The van der Waals surface area contributed by atoms with Gasteiger partial charge in [-0.2, -0.15) is 0 Å². The van der Waals surface area contributed by atoms with Gasteiger partial charge in [-0.25, -0.2) is 0 Å². The summed E-state index contributed by atoms with van der Waals surface area (Å²) in [5.41, 5.74) is 0.660. The lowest BCUT2D eigenvalue weighted by Gasteiger charge is -2.12. The first-order chi connectivity index (χ1) is 10.5. The number of hydrogen-bond acceptors (Lipinski definition) is 4. The number of amides is 2. The van der Waals surface area contributed by atoms with Crippen molar-refractivity contribution >= 4 is 17.5 Å². The van der Waals surface area contributed by atoms with E-state index in [0.29, 0.717) is 18.7 Å². The van der Waals surface area contributed by atoms with Crippen LogP contribution in [0, 0.1) is 0 Å². The molecule has 1 aliphatic rings. The Kier molecular flexibility index (Phi) is 5.77. The van der Waals surface area contributed by atoms with Crippen LogP contribution in [0.4, 0.5) is 5.69 Å². The van der Waals surface area contributed by atoms with Crippen molar-refractivity contribution in [3.8, 4) is 5.75 Å². The van der Waals surface area contributed by atoms with Crippen molar-refractivity contribution in [1.29, 1.82) is 0 Å². The molecule has 1 atom stereocenters. The Morgan fingerprint density at radius 1 is 1.32 bits per heavy atom. The second-order valence-electron chi connectivity index (χ2n) is 5.46. The Morgan fingerprint density at radius 2 is 2.05 bits per heavy atom. The lowest BCUT2D eigenvalue weighted by atomic mass is 10.2. The molecule has 1 aromatic carbocycles. The summed E-state index contributed by atoms with van der Waals surface area (Å²) in [5, 5.41) is 5.30. The van der Waals surface area contributed by atoms with Gasteiger partial charge in [0.05, 0.1) is 12.6 Å². The van der Waals surface area contributed by atoms with E-state index < -0.39 is 6.10 Å². The number of ether oxygens (including phenoxy) is 2. The van der Waals surface area contributed by atoms with Crippen LogP contribution in [0.1, 0.15) is 26.7 Å². The molecule has 2 N–H and O–H groups in total. The molecule has 0 spiro atoms. The summed E-state index contributed by atoms with van der Waals surface area (Å²) in [5.74, 6) is 0.247. The zero-order valence-corrected chi connectivity index (χ0v) is 12.9. The molecule has 22 heavy (non-hydrogen) atoms. The number of rotatable bonds is 6. The molecule has 0 radical (unpaired) electrons. The third kappa shape index (κ3) is 5.04. The first-order valence-corrected chi connectivity index (χ1v) is 7.50. The summed E-state index contributed by atoms with van der Waals surface area (Å²) in [6.45, 7) is 4.44. The number of benzene rings is 1. The zero-order chi connectivity index (χ0) is 15.9. The highest BCUT2D eigenvalue weighted by molar-refractivity contribution is 5.95. The summed E-state index contributed by atoms with van der Waals surface area (Å²) >= 11 is 0. The molecule has 6 heteroatoms. The maximum Gasteiger partial charge on any atom is 0.249 e. The SMILES string of the molecule is CC(C)Oc1ccc(NC(=O)CNC(=O)C2CCCO2)cc1. The fourth-order valence-corrected chi connectivity index (χ4v) is 2.16.